The van der Waals surface area contributed by atoms with E-state index in [1.165, 1.54) is 11.3 Å². The molecule has 1 aromatic carbocycles. The fraction of sp³-hybridized carbons (Fsp3) is 0.588. The first-order valence-electron chi connectivity index (χ1n) is 7.77. The molecule has 0 saturated carbocycles. The smallest absolute Gasteiger partial charge is 0.198 e. The van der Waals surface area contributed by atoms with E-state index in [1.54, 1.807) is 0 Å². The van der Waals surface area contributed by atoms with E-state index in [1.807, 2.05) is 0 Å². The highest BCUT2D eigenvalue weighted by molar-refractivity contribution is 5.98. The molecule has 0 bridgehead atoms. The summed E-state index contributed by atoms with van der Waals surface area (Å²) in [5.74, 6) is 0.998. The predicted molar refractivity (Wildman–Crippen MR) is 91.2 cm³/mol. The van der Waals surface area contributed by atoms with Crippen molar-refractivity contribution < 1.29 is 0 Å². The van der Waals surface area contributed by atoms with E-state index in [2.05, 4.69) is 74.2 Å². The molecule has 21 heavy (non-hydrogen) atoms. The Labute approximate surface area is 128 Å². The van der Waals surface area contributed by atoms with Crippen molar-refractivity contribution in [1.29, 1.82) is 0 Å². The molecule has 1 heterocycles. The maximum absolute atomic E-state index is 4.88. The highest BCUT2D eigenvalue weighted by Gasteiger charge is 2.24. The topological polar surface area (TPSA) is 30.9 Å². The molecule has 0 spiro atoms. The van der Waals surface area contributed by atoms with Crippen LogP contribution in [0, 0.1) is 0 Å². The summed E-state index contributed by atoms with van der Waals surface area (Å²) in [5, 5.41) is 3.43. The van der Waals surface area contributed by atoms with Gasteiger partial charge < -0.3 is 15.1 Å². The van der Waals surface area contributed by atoms with Crippen LogP contribution >= 0.6 is 0 Å². The first-order valence-corrected chi connectivity index (χ1v) is 7.77. The van der Waals surface area contributed by atoms with Gasteiger partial charge in [-0.05, 0) is 52.9 Å². The maximum Gasteiger partial charge on any atom is 0.198 e. The van der Waals surface area contributed by atoms with Crippen molar-refractivity contribution >= 4 is 11.6 Å². The van der Waals surface area contributed by atoms with Gasteiger partial charge in [-0.15, -0.1) is 0 Å². The van der Waals surface area contributed by atoms with E-state index < -0.39 is 0 Å². The number of hydrogen-bond donors (Lipinski definition) is 1. The third kappa shape index (κ3) is 3.56. The molecule has 1 aromatic rings. The predicted octanol–water partition coefficient (Wildman–Crippen LogP) is 2.35. The minimum Gasteiger partial charge on any atom is -0.356 e. The molecular weight excluding hydrogens is 260 g/mol. The summed E-state index contributed by atoms with van der Waals surface area (Å²) in [6.45, 7) is 9.24. The number of nitrogens with zero attached hydrogens (tertiary/aromatic N) is 3. The third-order valence-corrected chi connectivity index (χ3v) is 4.30. The zero-order chi connectivity index (χ0) is 15.5. The van der Waals surface area contributed by atoms with E-state index >= 15 is 0 Å². The van der Waals surface area contributed by atoms with Gasteiger partial charge in [0.2, 0.25) is 0 Å². The van der Waals surface area contributed by atoms with E-state index in [4.69, 9.17) is 4.99 Å². The Morgan fingerprint density at radius 3 is 2.71 bits per heavy atom. The largest absolute Gasteiger partial charge is 0.356 e. The van der Waals surface area contributed by atoms with Gasteiger partial charge in [-0.25, -0.2) is 0 Å². The van der Waals surface area contributed by atoms with Crippen molar-refractivity contribution in [2.45, 2.75) is 32.7 Å². The van der Waals surface area contributed by atoms with Gasteiger partial charge in [0, 0.05) is 24.3 Å². The van der Waals surface area contributed by atoms with Gasteiger partial charge in [-0.2, -0.15) is 0 Å². The Hall–Kier alpha value is -1.55. The van der Waals surface area contributed by atoms with Crippen LogP contribution in [0.4, 0.5) is 5.69 Å². The number of aliphatic imine (C=N–C) groups is 1. The van der Waals surface area contributed by atoms with E-state index in [0.717, 1.165) is 32.0 Å². The number of hydrogen-bond acceptors (Lipinski definition) is 2. The van der Waals surface area contributed by atoms with E-state index in [0.29, 0.717) is 0 Å². The average Bonchev–Trinajstić information content (AvgIpc) is 2.87. The molecule has 1 aliphatic rings. The molecule has 1 aliphatic heterocycles. The van der Waals surface area contributed by atoms with Crippen molar-refractivity contribution in [2.75, 3.05) is 38.6 Å². The fourth-order valence-corrected chi connectivity index (χ4v) is 2.36. The van der Waals surface area contributed by atoms with Gasteiger partial charge in [-0.1, -0.05) is 18.2 Å². The summed E-state index contributed by atoms with van der Waals surface area (Å²) < 4.78 is 0. The molecule has 4 nitrogen and oxygen atoms in total. The van der Waals surface area contributed by atoms with Crippen LogP contribution in [0.5, 0.6) is 0 Å². The van der Waals surface area contributed by atoms with Crippen LogP contribution in [-0.4, -0.2) is 50.1 Å². The van der Waals surface area contributed by atoms with Crippen molar-refractivity contribution in [3.63, 3.8) is 0 Å². The van der Waals surface area contributed by atoms with E-state index in [9.17, 15) is 0 Å². The summed E-state index contributed by atoms with van der Waals surface area (Å²) in [7, 11) is 4.21. The van der Waals surface area contributed by atoms with Crippen LogP contribution < -0.4 is 10.2 Å². The van der Waals surface area contributed by atoms with Gasteiger partial charge in [0.1, 0.15) is 0 Å². The van der Waals surface area contributed by atoms with Gasteiger partial charge in [0.15, 0.2) is 5.96 Å². The Balaban J connectivity index is 2.20. The molecule has 0 saturated heterocycles. The molecular formula is C17H28N4. The minimum atomic E-state index is 0.0555. The lowest BCUT2D eigenvalue weighted by molar-refractivity contribution is 0.205. The zero-order valence-corrected chi connectivity index (χ0v) is 14.0. The number of guanidine groups is 1. The minimum absolute atomic E-state index is 0.0555. The molecule has 0 fully saturated rings. The van der Waals surface area contributed by atoms with Crippen molar-refractivity contribution in [3.05, 3.63) is 29.8 Å². The van der Waals surface area contributed by atoms with Crippen LogP contribution in [0.3, 0.4) is 0 Å². The van der Waals surface area contributed by atoms with Crippen LogP contribution in [0.2, 0.25) is 0 Å². The van der Waals surface area contributed by atoms with Crippen LogP contribution in [0.25, 0.3) is 0 Å². The standard InChI is InChI=1S/C17H28N4/c1-6-18-16(19-13-17(2,3)20(4)5)21-12-11-14-9-7-8-10-15(14)21/h7-10H,6,11-13H2,1-5H3,(H,18,19). The Morgan fingerprint density at radius 1 is 1.33 bits per heavy atom. The summed E-state index contributed by atoms with van der Waals surface area (Å²) in [6, 6.07) is 8.61. The summed E-state index contributed by atoms with van der Waals surface area (Å²) in [5.41, 5.74) is 2.76. The first kappa shape index (κ1) is 15.8. The molecule has 0 radical (unpaired) electrons. The first-order chi connectivity index (χ1) is 9.95. The van der Waals surface area contributed by atoms with Crippen LogP contribution in [0.15, 0.2) is 29.3 Å². The molecule has 2 rings (SSSR count). The number of rotatable bonds is 4. The lowest BCUT2D eigenvalue weighted by atomic mass is 10.1. The van der Waals surface area contributed by atoms with E-state index in [-0.39, 0.29) is 5.54 Å². The molecule has 0 aliphatic carbocycles. The Morgan fingerprint density at radius 2 is 2.05 bits per heavy atom. The third-order valence-electron chi connectivity index (χ3n) is 4.30. The number of nitrogens with one attached hydrogen (secondary N) is 1. The number of fused-ring (bicyclic) bond motifs is 1. The highest BCUT2D eigenvalue weighted by Crippen LogP contribution is 2.27. The molecule has 116 valence electrons. The van der Waals surface area contributed by atoms with Crippen molar-refractivity contribution in [1.82, 2.24) is 10.2 Å². The van der Waals surface area contributed by atoms with Crippen LogP contribution in [0.1, 0.15) is 26.3 Å². The van der Waals surface area contributed by atoms with Crippen molar-refractivity contribution in [3.8, 4) is 0 Å². The molecule has 0 unspecified atom stereocenters. The number of benzene rings is 1. The molecule has 0 aromatic heterocycles. The summed E-state index contributed by atoms with van der Waals surface area (Å²) in [6.07, 6.45) is 1.09. The average molecular weight is 288 g/mol. The Kier molecular flexibility index (Phi) is 4.88. The summed E-state index contributed by atoms with van der Waals surface area (Å²) in [4.78, 5) is 9.41. The van der Waals surface area contributed by atoms with Crippen LogP contribution in [-0.2, 0) is 6.42 Å². The van der Waals surface area contributed by atoms with Crippen molar-refractivity contribution in [2.24, 2.45) is 4.99 Å². The van der Waals surface area contributed by atoms with Gasteiger partial charge >= 0.3 is 0 Å². The zero-order valence-electron chi connectivity index (χ0n) is 14.0. The Bertz CT molecular complexity index is 505. The number of likely N-dealkylation sites (N-methyl/N-ethyl adjacent to an activating group) is 1. The normalized spacial score (nSPS) is 15.5. The number of para-hydroxylation sites is 1. The second-order valence-electron chi connectivity index (χ2n) is 6.41. The monoisotopic (exact) mass is 288 g/mol. The SMILES string of the molecule is CCNC(=NCC(C)(C)N(C)C)N1CCc2ccccc21. The second-order valence-corrected chi connectivity index (χ2v) is 6.41. The molecule has 1 N–H and O–H groups in total. The fourth-order valence-electron chi connectivity index (χ4n) is 2.36. The number of anilines is 1. The quantitative estimate of drug-likeness (QED) is 0.681. The second kappa shape index (κ2) is 6.48. The molecule has 4 heteroatoms. The van der Waals surface area contributed by atoms with Gasteiger partial charge in [0.05, 0.1) is 6.54 Å². The summed E-state index contributed by atoms with van der Waals surface area (Å²) >= 11 is 0. The lowest BCUT2D eigenvalue weighted by Crippen LogP contribution is -2.45. The van der Waals surface area contributed by atoms with Gasteiger partial charge in [0.25, 0.3) is 0 Å². The lowest BCUT2D eigenvalue weighted by Gasteiger charge is -2.32. The highest BCUT2D eigenvalue weighted by atomic mass is 15.3. The molecule has 0 atom stereocenters. The van der Waals surface area contributed by atoms with Gasteiger partial charge in [-0.3, -0.25) is 4.99 Å². The molecule has 0 amide bonds. The maximum atomic E-state index is 4.88.